The topological polar surface area (TPSA) is 26.8 Å². The molecule has 1 unspecified atom stereocenters. The van der Waals surface area contributed by atoms with Gasteiger partial charge in [0.1, 0.15) is 0 Å². The van der Waals surface area contributed by atoms with Gasteiger partial charge in [-0.3, -0.25) is 9.69 Å². The lowest BCUT2D eigenvalue weighted by molar-refractivity contribution is -0.131. The number of likely N-dealkylation sites (tertiary alicyclic amines) is 2. The standard InChI is InChI=1S/C18H29N3OS/c1-19(2)11-12-21-17(22)4-7-18(21)6-3-9-20(10-8-18)14-16-5-13-23-15-16/h5,13,15H,3-4,6-12,14H2,1-2H3. The Hall–Kier alpha value is -0.910. The number of likely N-dealkylation sites (N-methyl/N-ethyl adjacent to an activating group) is 1. The van der Waals surface area contributed by atoms with E-state index in [1.807, 2.05) is 0 Å². The second-order valence-corrected chi connectivity index (χ2v) is 8.11. The molecule has 1 spiro atoms. The van der Waals surface area contributed by atoms with Crippen LogP contribution in [-0.4, -0.2) is 66.4 Å². The Kier molecular flexibility index (Phi) is 5.39. The monoisotopic (exact) mass is 335 g/mol. The van der Waals surface area contributed by atoms with Crippen LogP contribution in [0, 0.1) is 0 Å². The second kappa shape index (κ2) is 7.32. The largest absolute Gasteiger partial charge is 0.336 e. The molecule has 0 radical (unpaired) electrons. The summed E-state index contributed by atoms with van der Waals surface area (Å²) in [7, 11) is 4.17. The Labute approximate surface area is 144 Å². The van der Waals surface area contributed by atoms with E-state index in [1.165, 1.54) is 18.4 Å². The first-order chi connectivity index (χ1) is 11.1. The van der Waals surface area contributed by atoms with Crippen molar-refractivity contribution in [2.24, 2.45) is 0 Å². The predicted octanol–water partition coefficient (Wildman–Crippen LogP) is 2.66. The second-order valence-electron chi connectivity index (χ2n) is 7.33. The third kappa shape index (κ3) is 3.95. The molecule has 0 saturated carbocycles. The van der Waals surface area contributed by atoms with E-state index in [9.17, 15) is 4.79 Å². The van der Waals surface area contributed by atoms with Gasteiger partial charge in [0.15, 0.2) is 0 Å². The van der Waals surface area contributed by atoms with Crippen LogP contribution in [0.3, 0.4) is 0 Å². The summed E-state index contributed by atoms with van der Waals surface area (Å²) in [5.74, 6) is 0.373. The van der Waals surface area contributed by atoms with Crippen molar-refractivity contribution < 1.29 is 4.79 Å². The summed E-state index contributed by atoms with van der Waals surface area (Å²) < 4.78 is 0. The van der Waals surface area contributed by atoms with Gasteiger partial charge in [0.25, 0.3) is 0 Å². The van der Waals surface area contributed by atoms with Crippen molar-refractivity contribution in [3.8, 4) is 0 Å². The smallest absolute Gasteiger partial charge is 0.223 e. The summed E-state index contributed by atoms with van der Waals surface area (Å²) >= 11 is 1.78. The van der Waals surface area contributed by atoms with Crippen molar-refractivity contribution in [3.63, 3.8) is 0 Å². The zero-order chi connectivity index (χ0) is 16.3. The molecular weight excluding hydrogens is 306 g/mol. The van der Waals surface area contributed by atoms with Crippen LogP contribution in [0.25, 0.3) is 0 Å². The van der Waals surface area contributed by atoms with E-state index in [4.69, 9.17) is 0 Å². The van der Waals surface area contributed by atoms with Crippen LogP contribution in [0.5, 0.6) is 0 Å². The molecule has 4 nitrogen and oxygen atoms in total. The summed E-state index contributed by atoms with van der Waals surface area (Å²) in [6, 6.07) is 2.23. The van der Waals surface area contributed by atoms with E-state index in [1.54, 1.807) is 11.3 Å². The zero-order valence-corrected chi connectivity index (χ0v) is 15.3. The number of hydrogen-bond donors (Lipinski definition) is 0. The number of thiophene rings is 1. The van der Waals surface area contributed by atoms with Crippen LogP contribution in [0.15, 0.2) is 16.8 Å². The molecular formula is C18H29N3OS. The Balaban J connectivity index is 1.63. The number of carbonyl (C=O) groups excluding carboxylic acids is 1. The van der Waals surface area contributed by atoms with Crippen LogP contribution < -0.4 is 0 Å². The highest BCUT2D eigenvalue weighted by Crippen LogP contribution is 2.39. The van der Waals surface area contributed by atoms with Crippen molar-refractivity contribution in [2.75, 3.05) is 40.3 Å². The first-order valence-electron chi connectivity index (χ1n) is 8.78. The predicted molar refractivity (Wildman–Crippen MR) is 95.7 cm³/mol. The maximum Gasteiger partial charge on any atom is 0.223 e. The van der Waals surface area contributed by atoms with Crippen LogP contribution in [0.1, 0.15) is 37.7 Å². The number of nitrogens with zero attached hydrogens (tertiary/aromatic N) is 3. The molecule has 1 amide bonds. The molecule has 2 fully saturated rings. The summed E-state index contributed by atoms with van der Waals surface area (Å²) in [5, 5.41) is 4.41. The lowest BCUT2D eigenvalue weighted by atomic mass is 9.87. The minimum absolute atomic E-state index is 0.135. The molecule has 0 aliphatic carbocycles. The van der Waals surface area contributed by atoms with Gasteiger partial charge < -0.3 is 9.80 Å². The summed E-state index contributed by atoms with van der Waals surface area (Å²) in [5.41, 5.74) is 1.56. The molecule has 0 bridgehead atoms. The first kappa shape index (κ1) is 16.9. The van der Waals surface area contributed by atoms with Gasteiger partial charge in [0.2, 0.25) is 5.91 Å². The highest BCUT2D eigenvalue weighted by molar-refractivity contribution is 7.07. The molecule has 3 heterocycles. The van der Waals surface area contributed by atoms with Crippen molar-refractivity contribution >= 4 is 17.2 Å². The highest BCUT2D eigenvalue weighted by atomic mass is 32.1. The quantitative estimate of drug-likeness (QED) is 0.828. The molecule has 1 aromatic heterocycles. The van der Waals surface area contributed by atoms with Crippen LogP contribution in [0.2, 0.25) is 0 Å². The maximum atomic E-state index is 12.4. The summed E-state index contributed by atoms with van der Waals surface area (Å²) in [6.07, 6.45) is 5.32. The molecule has 2 aliphatic rings. The van der Waals surface area contributed by atoms with Crippen molar-refractivity contribution in [2.45, 2.75) is 44.2 Å². The van der Waals surface area contributed by atoms with Crippen molar-refractivity contribution in [1.82, 2.24) is 14.7 Å². The third-order valence-electron chi connectivity index (χ3n) is 5.44. The Morgan fingerprint density at radius 2 is 2.13 bits per heavy atom. The highest BCUT2D eigenvalue weighted by Gasteiger charge is 2.45. The Morgan fingerprint density at radius 1 is 1.26 bits per heavy atom. The normalized spacial score (nSPS) is 26.4. The van der Waals surface area contributed by atoms with E-state index < -0.39 is 0 Å². The fourth-order valence-corrected chi connectivity index (χ4v) is 4.75. The molecule has 3 rings (SSSR count). The van der Waals surface area contributed by atoms with E-state index in [0.717, 1.165) is 52.0 Å². The number of amides is 1. The van der Waals surface area contributed by atoms with Gasteiger partial charge in [-0.25, -0.2) is 0 Å². The Morgan fingerprint density at radius 3 is 2.87 bits per heavy atom. The zero-order valence-electron chi connectivity index (χ0n) is 14.5. The summed E-state index contributed by atoms with van der Waals surface area (Å²) in [4.78, 5) is 19.4. The number of hydrogen-bond acceptors (Lipinski definition) is 4. The third-order valence-corrected chi connectivity index (χ3v) is 6.18. The summed E-state index contributed by atoms with van der Waals surface area (Å²) in [6.45, 7) is 5.18. The fourth-order valence-electron chi connectivity index (χ4n) is 4.09. The number of rotatable bonds is 5. The molecule has 0 aromatic carbocycles. The van der Waals surface area contributed by atoms with E-state index in [2.05, 4.69) is 45.6 Å². The van der Waals surface area contributed by atoms with E-state index in [-0.39, 0.29) is 5.54 Å². The lowest BCUT2D eigenvalue weighted by Gasteiger charge is -2.39. The van der Waals surface area contributed by atoms with Crippen LogP contribution >= 0.6 is 11.3 Å². The van der Waals surface area contributed by atoms with Gasteiger partial charge in [-0.15, -0.1) is 0 Å². The van der Waals surface area contributed by atoms with Gasteiger partial charge >= 0.3 is 0 Å². The molecule has 1 aromatic rings. The lowest BCUT2D eigenvalue weighted by Crippen LogP contribution is -2.48. The van der Waals surface area contributed by atoms with E-state index >= 15 is 0 Å². The van der Waals surface area contributed by atoms with Crippen LogP contribution in [0.4, 0.5) is 0 Å². The molecule has 1 atom stereocenters. The minimum Gasteiger partial charge on any atom is -0.336 e. The molecule has 0 N–H and O–H groups in total. The van der Waals surface area contributed by atoms with Gasteiger partial charge in [0, 0.05) is 38.1 Å². The van der Waals surface area contributed by atoms with Gasteiger partial charge in [-0.1, -0.05) is 0 Å². The Bertz CT molecular complexity index is 516. The molecule has 2 saturated heterocycles. The van der Waals surface area contributed by atoms with Crippen LogP contribution in [-0.2, 0) is 11.3 Å². The van der Waals surface area contributed by atoms with Gasteiger partial charge in [0.05, 0.1) is 0 Å². The fraction of sp³-hybridized carbons (Fsp3) is 0.722. The average Bonchev–Trinajstić information content (AvgIpc) is 3.06. The van der Waals surface area contributed by atoms with E-state index in [0.29, 0.717) is 5.91 Å². The van der Waals surface area contributed by atoms with Crippen molar-refractivity contribution in [3.05, 3.63) is 22.4 Å². The SMILES string of the molecule is CN(C)CCN1C(=O)CCC12CCCN(Cc1ccsc1)CC2. The minimum atomic E-state index is 0.135. The van der Waals surface area contributed by atoms with Gasteiger partial charge in [-0.05, 0) is 68.7 Å². The molecule has 5 heteroatoms. The molecule has 128 valence electrons. The molecule has 23 heavy (non-hydrogen) atoms. The average molecular weight is 336 g/mol. The maximum absolute atomic E-state index is 12.4. The molecule has 2 aliphatic heterocycles. The number of carbonyl (C=O) groups is 1. The van der Waals surface area contributed by atoms with Crippen molar-refractivity contribution in [1.29, 1.82) is 0 Å². The first-order valence-corrected chi connectivity index (χ1v) is 9.72. The van der Waals surface area contributed by atoms with Gasteiger partial charge in [-0.2, -0.15) is 11.3 Å².